The Labute approximate surface area is 151 Å². The molecule has 0 bridgehead atoms. The lowest BCUT2D eigenvalue weighted by Crippen LogP contribution is -2.48. The molecule has 0 spiro atoms. The zero-order chi connectivity index (χ0) is 17.6. The van der Waals surface area contributed by atoms with Crippen LogP contribution in [0, 0.1) is 12.8 Å². The number of aromatic nitrogens is 3. The first kappa shape index (κ1) is 18.2. The van der Waals surface area contributed by atoms with E-state index in [0.29, 0.717) is 18.6 Å². The highest BCUT2D eigenvalue weighted by atomic mass is 15.3. The summed E-state index contributed by atoms with van der Waals surface area (Å²) in [7, 11) is 2.00. The molecule has 25 heavy (non-hydrogen) atoms. The van der Waals surface area contributed by atoms with Crippen molar-refractivity contribution in [1.82, 2.24) is 25.4 Å². The molecular weight excluding hydrogens is 312 g/mol. The second-order valence-electron chi connectivity index (χ2n) is 7.80. The van der Waals surface area contributed by atoms with Crippen molar-refractivity contribution in [3.8, 4) is 0 Å². The Morgan fingerprint density at radius 3 is 2.48 bits per heavy atom. The van der Waals surface area contributed by atoms with Crippen LogP contribution in [0.3, 0.4) is 0 Å². The van der Waals surface area contributed by atoms with Gasteiger partial charge in [0.05, 0.1) is 0 Å². The van der Waals surface area contributed by atoms with E-state index in [9.17, 15) is 0 Å². The quantitative estimate of drug-likeness (QED) is 0.635. The Morgan fingerprint density at radius 1 is 1.08 bits per heavy atom. The Balaban J connectivity index is 1.65. The molecule has 2 fully saturated rings. The van der Waals surface area contributed by atoms with E-state index < -0.39 is 0 Å². The molecule has 2 N–H and O–H groups in total. The summed E-state index contributed by atoms with van der Waals surface area (Å²) in [5, 5.41) is 15.8. The lowest BCUT2D eigenvalue weighted by Gasteiger charge is -2.31. The fourth-order valence-electron chi connectivity index (χ4n) is 4.12. The summed E-state index contributed by atoms with van der Waals surface area (Å²) >= 11 is 0. The molecule has 6 heteroatoms. The Bertz CT molecular complexity index is 572. The van der Waals surface area contributed by atoms with Gasteiger partial charge in [0.1, 0.15) is 12.4 Å². The first-order chi connectivity index (χ1) is 12.2. The number of nitrogens with one attached hydrogen (secondary N) is 2. The van der Waals surface area contributed by atoms with E-state index in [1.54, 1.807) is 0 Å². The molecule has 0 amide bonds. The number of nitrogens with zero attached hydrogens (tertiary/aromatic N) is 4. The van der Waals surface area contributed by atoms with Crippen LogP contribution in [-0.2, 0) is 13.6 Å². The second kappa shape index (κ2) is 8.68. The molecule has 2 unspecified atom stereocenters. The van der Waals surface area contributed by atoms with E-state index in [2.05, 4.69) is 27.8 Å². The van der Waals surface area contributed by atoms with Crippen molar-refractivity contribution in [3.63, 3.8) is 0 Å². The average molecular weight is 347 g/mol. The minimum atomic E-state index is 0.549. The minimum Gasteiger partial charge on any atom is -0.354 e. The summed E-state index contributed by atoms with van der Waals surface area (Å²) in [4.78, 5) is 4.85. The zero-order valence-corrected chi connectivity index (χ0v) is 16.1. The number of hydrogen-bond acceptors (Lipinski definition) is 3. The standard InChI is InChI=1S/C19H34N6/c1-4-15-8-7-11-17(12-15)22-19(21-16-9-5-6-10-16)20-13-18-24-23-14(2)25(18)3/h15-17H,4-13H2,1-3H3,(H2,20,21,22). The van der Waals surface area contributed by atoms with Crippen molar-refractivity contribution < 1.29 is 0 Å². The summed E-state index contributed by atoms with van der Waals surface area (Å²) in [5.74, 6) is 3.68. The monoisotopic (exact) mass is 346 g/mol. The molecule has 3 rings (SSSR count). The van der Waals surface area contributed by atoms with Gasteiger partial charge in [0.2, 0.25) is 0 Å². The van der Waals surface area contributed by atoms with Gasteiger partial charge in [-0.05, 0) is 38.5 Å². The van der Waals surface area contributed by atoms with Crippen molar-refractivity contribution in [2.45, 2.75) is 90.3 Å². The fraction of sp³-hybridized carbons (Fsp3) is 0.842. The molecule has 0 radical (unpaired) electrons. The number of guanidine groups is 1. The number of hydrogen-bond donors (Lipinski definition) is 2. The maximum atomic E-state index is 4.85. The predicted molar refractivity (Wildman–Crippen MR) is 101 cm³/mol. The molecule has 2 atom stereocenters. The number of aryl methyl sites for hydroxylation is 1. The van der Waals surface area contributed by atoms with Gasteiger partial charge in [-0.2, -0.15) is 0 Å². The van der Waals surface area contributed by atoms with Crippen molar-refractivity contribution >= 4 is 5.96 Å². The molecule has 1 heterocycles. The van der Waals surface area contributed by atoms with Gasteiger partial charge in [-0.15, -0.1) is 10.2 Å². The lowest BCUT2D eigenvalue weighted by molar-refractivity contribution is 0.297. The molecule has 2 aliphatic carbocycles. The molecule has 0 aromatic carbocycles. The highest BCUT2D eigenvalue weighted by Crippen LogP contribution is 2.26. The summed E-state index contributed by atoms with van der Waals surface area (Å²) in [6.45, 7) is 4.86. The van der Waals surface area contributed by atoms with Gasteiger partial charge in [-0.3, -0.25) is 0 Å². The van der Waals surface area contributed by atoms with Crippen LogP contribution in [0.4, 0.5) is 0 Å². The fourth-order valence-corrected chi connectivity index (χ4v) is 4.12. The minimum absolute atomic E-state index is 0.549. The zero-order valence-electron chi connectivity index (χ0n) is 16.1. The van der Waals surface area contributed by atoms with Crippen LogP contribution in [-0.4, -0.2) is 32.8 Å². The van der Waals surface area contributed by atoms with E-state index >= 15 is 0 Å². The summed E-state index contributed by atoms with van der Waals surface area (Å²) in [5.41, 5.74) is 0. The van der Waals surface area contributed by atoms with Gasteiger partial charge < -0.3 is 15.2 Å². The third-order valence-electron chi connectivity index (χ3n) is 5.96. The van der Waals surface area contributed by atoms with Crippen molar-refractivity contribution in [3.05, 3.63) is 11.6 Å². The molecule has 6 nitrogen and oxygen atoms in total. The maximum Gasteiger partial charge on any atom is 0.192 e. The molecule has 140 valence electrons. The SMILES string of the molecule is CCC1CCCC(NC(=NCc2nnc(C)n2C)NC2CCCC2)C1. The van der Waals surface area contributed by atoms with Gasteiger partial charge in [0, 0.05) is 19.1 Å². The Kier molecular flexibility index (Phi) is 6.32. The van der Waals surface area contributed by atoms with E-state index in [1.165, 1.54) is 57.8 Å². The van der Waals surface area contributed by atoms with Crippen LogP contribution >= 0.6 is 0 Å². The van der Waals surface area contributed by atoms with Crippen molar-refractivity contribution in [2.24, 2.45) is 18.0 Å². The first-order valence-corrected chi connectivity index (χ1v) is 10.1. The molecule has 0 saturated heterocycles. The Morgan fingerprint density at radius 2 is 1.80 bits per heavy atom. The van der Waals surface area contributed by atoms with Crippen LogP contribution < -0.4 is 10.6 Å². The van der Waals surface area contributed by atoms with Crippen LogP contribution in [0.1, 0.15) is 76.4 Å². The van der Waals surface area contributed by atoms with E-state index in [1.807, 2.05) is 18.5 Å². The summed E-state index contributed by atoms with van der Waals surface area (Å²) in [6, 6.07) is 1.12. The largest absolute Gasteiger partial charge is 0.354 e. The van der Waals surface area contributed by atoms with Gasteiger partial charge in [-0.1, -0.05) is 39.0 Å². The van der Waals surface area contributed by atoms with Gasteiger partial charge >= 0.3 is 0 Å². The maximum absolute atomic E-state index is 4.85. The van der Waals surface area contributed by atoms with Crippen LogP contribution in [0.5, 0.6) is 0 Å². The van der Waals surface area contributed by atoms with Gasteiger partial charge in [0.15, 0.2) is 11.8 Å². The van der Waals surface area contributed by atoms with E-state index in [-0.39, 0.29) is 0 Å². The summed E-state index contributed by atoms with van der Waals surface area (Å²) < 4.78 is 2.02. The molecule has 2 aliphatic rings. The number of aliphatic imine (C=N–C) groups is 1. The predicted octanol–water partition coefficient (Wildman–Crippen LogP) is 3.07. The number of rotatable bonds is 5. The lowest BCUT2D eigenvalue weighted by atomic mass is 9.84. The average Bonchev–Trinajstić information content (AvgIpc) is 3.24. The topological polar surface area (TPSA) is 67.1 Å². The van der Waals surface area contributed by atoms with Crippen molar-refractivity contribution in [2.75, 3.05) is 0 Å². The molecular formula is C19H34N6. The third kappa shape index (κ3) is 4.95. The molecule has 1 aromatic rings. The van der Waals surface area contributed by atoms with Crippen LogP contribution in [0.25, 0.3) is 0 Å². The molecule has 1 aromatic heterocycles. The first-order valence-electron chi connectivity index (χ1n) is 10.1. The smallest absolute Gasteiger partial charge is 0.192 e. The second-order valence-corrected chi connectivity index (χ2v) is 7.80. The van der Waals surface area contributed by atoms with Crippen LogP contribution in [0.15, 0.2) is 4.99 Å². The van der Waals surface area contributed by atoms with Gasteiger partial charge in [0.25, 0.3) is 0 Å². The van der Waals surface area contributed by atoms with E-state index in [4.69, 9.17) is 4.99 Å². The molecule has 0 aliphatic heterocycles. The third-order valence-corrected chi connectivity index (χ3v) is 5.96. The van der Waals surface area contributed by atoms with Crippen molar-refractivity contribution in [1.29, 1.82) is 0 Å². The molecule has 2 saturated carbocycles. The summed E-state index contributed by atoms with van der Waals surface area (Å²) in [6.07, 6.45) is 11.7. The van der Waals surface area contributed by atoms with Gasteiger partial charge in [-0.25, -0.2) is 4.99 Å². The van der Waals surface area contributed by atoms with E-state index in [0.717, 1.165) is 23.5 Å². The highest BCUT2D eigenvalue weighted by molar-refractivity contribution is 5.80. The van der Waals surface area contributed by atoms with Crippen LogP contribution in [0.2, 0.25) is 0 Å². The Hall–Kier alpha value is -1.59. The highest BCUT2D eigenvalue weighted by Gasteiger charge is 2.23. The normalized spacial score (nSPS) is 25.3.